The van der Waals surface area contributed by atoms with Crippen molar-refractivity contribution in [2.75, 3.05) is 18.4 Å². The van der Waals surface area contributed by atoms with Crippen molar-refractivity contribution in [2.45, 2.75) is 18.9 Å². The minimum absolute atomic E-state index is 0.0801. The van der Waals surface area contributed by atoms with E-state index in [-0.39, 0.29) is 5.91 Å². The molecule has 1 aliphatic heterocycles. The van der Waals surface area contributed by atoms with Gasteiger partial charge in [0.15, 0.2) is 0 Å². The van der Waals surface area contributed by atoms with Crippen molar-refractivity contribution in [2.24, 2.45) is 7.05 Å². The van der Waals surface area contributed by atoms with Gasteiger partial charge in [0.05, 0.1) is 11.9 Å². The topological polar surface area (TPSA) is 50.2 Å². The second-order valence-electron chi connectivity index (χ2n) is 5.62. The Balaban J connectivity index is 1.55. The van der Waals surface area contributed by atoms with E-state index in [4.69, 9.17) is 11.6 Å². The lowest BCUT2D eigenvalue weighted by Crippen LogP contribution is -2.42. The van der Waals surface area contributed by atoms with E-state index >= 15 is 0 Å². The SMILES string of the molecule is Cn1cc(NC2CCN(C(=O)c3ccc(Cl)cc3)CC2)cn1. The van der Waals surface area contributed by atoms with Crippen LogP contribution in [0.25, 0.3) is 0 Å². The zero-order valence-corrected chi connectivity index (χ0v) is 13.3. The van der Waals surface area contributed by atoms with Gasteiger partial charge in [-0.3, -0.25) is 9.48 Å². The zero-order chi connectivity index (χ0) is 15.5. The minimum Gasteiger partial charge on any atom is -0.380 e. The summed E-state index contributed by atoms with van der Waals surface area (Å²) < 4.78 is 1.78. The van der Waals surface area contributed by atoms with Crippen LogP contribution in [-0.2, 0) is 7.05 Å². The average molecular weight is 319 g/mol. The van der Waals surface area contributed by atoms with Gasteiger partial charge in [0.1, 0.15) is 0 Å². The van der Waals surface area contributed by atoms with Gasteiger partial charge in [-0.1, -0.05) is 11.6 Å². The Kier molecular flexibility index (Phi) is 4.34. The van der Waals surface area contributed by atoms with Crippen molar-refractivity contribution in [1.82, 2.24) is 14.7 Å². The van der Waals surface area contributed by atoms with E-state index in [9.17, 15) is 4.79 Å². The molecule has 0 radical (unpaired) electrons. The van der Waals surface area contributed by atoms with Crippen LogP contribution in [-0.4, -0.2) is 39.7 Å². The Hall–Kier alpha value is -2.01. The molecule has 0 atom stereocenters. The number of anilines is 1. The van der Waals surface area contributed by atoms with E-state index in [0.29, 0.717) is 16.6 Å². The van der Waals surface area contributed by atoms with Gasteiger partial charge in [-0.2, -0.15) is 5.10 Å². The number of benzene rings is 1. The number of rotatable bonds is 3. The highest BCUT2D eigenvalue weighted by Crippen LogP contribution is 2.18. The Labute approximate surface area is 134 Å². The van der Waals surface area contributed by atoms with Gasteiger partial charge in [-0.15, -0.1) is 0 Å². The number of piperidine rings is 1. The van der Waals surface area contributed by atoms with Gasteiger partial charge in [-0.25, -0.2) is 0 Å². The lowest BCUT2D eigenvalue weighted by Gasteiger charge is -2.32. The van der Waals surface area contributed by atoms with Gasteiger partial charge in [-0.05, 0) is 37.1 Å². The van der Waals surface area contributed by atoms with E-state index < -0.39 is 0 Å². The Morgan fingerprint density at radius 2 is 1.95 bits per heavy atom. The molecule has 1 fully saturated rings. The fourth-order valence-corrected chi connectivity index (χ4v) is 2.86. The Morgan fingerprint density at radius 1 is 1.27 bits per heavy atom. The molecule has 0 bridgehead atoms. The van der Waals surface area contributed by atoms with Gasteiger partial charge >= 0.3 is 0 Å². The molecular weight excluding hydrogens is 300 g/mol. The summed E-state index contributed by atoms with van der Waals surface area (Å²) in [4.78, 5) is 14.3. The van der Waals surface area contributed by atoms with E-state index in [1.54, 1.807) is 28.9 Å². The molecule has 0 spiro atoms. The first-order valence-corrected chi connectivity index (χ1v) is 7.79. The van der Waals surface area contributed by atoms with Crippen LogP contribution in [0.4, 0.5) is 5.69 Å². The maximum Gasteiger partial charge on any atom is 0.253 e. The third-order valence-corrected chi connectivity index (χ3v) is 4.20. The number of likely N-dealkylation sites (tertiary alicyclic amines) is 1. The van der Waals surface area contributed by atoms with Crippen molar-refractivity contribution >= 4 is 23.2 Å². The van der Waals surface area contributed by atoms with Crippen LogP contribution in [0.5, 0.6) is 0 Å². The predicted molar refractivity (Wildman–Crippen MR) is 87.2 cm³/mol. The van der Waals surface area contributed by atoms with Gasteiger partial charge in [0, 0.05) is 43.0 Å². The number of hydrogen-bond donors (Lipinski definition) is 1. The van der Waals surface area contributed by atoms with Gasteiger partial charge in [0.25, 0.3) is 5.91 Å². The summed E-state index contributed by atoms with van der Waals surface area (Å²) >= 11 is 5.86. The van der Waals surface area contributed by atoms with Crippen molar-refractivity contribution in [3.05, 3.63) is 47.2 Å². The summed E-state index contributed by atoms with van der Waals surface area (Å²) in [5.74, 6) is 0.0801. The molecule has 1 N–H and O–H groups in total. The molecule has 116 valence electrons. The monoisotopic (exact) mass is 318 g/mol. The van der Waals surface area contributed by atoms with Crippen LogP contribution < -0.4 is 5.32 Å². The third-order valence-electron chi connectivity index (χ3n) is 3.95. The molecule has 1 amide bonds. The van der Waals surface area contributed by atoms with Gasteiger partial charge < -0.3 is 10.2 Å². The third kappa shape index (κ3) is 3.42. The summed E-state index contributed by atoms with van der Waals surface area (Å²) in [7, 11) is 1.90. The summed E-state index contributed by atoms with van der Waals surface area (Å²) in [6.07, 6.45) is 5.67. The van der Waals surface area contributed by atoms with Crippen LogP contribution in [0.2, 0.25) is 5.02 Å². The zero-order valence-electron chi connectivity index (χ0n) is 12.5. The lowest BCUT2D eigenvalue weighted by atomic mass is 10.0. The van der Waals surface area contributed by atoms with Crippen molar-refractivity contribution in [3.63, 3.8) is 0 Å². The molecule has 0 aliphatic carbocycles. The molecule has 0 saturated carbocycles. The predicted octanol–water partition coefficient (Wildman–Crippen LogP) is 2.79. The fourth-order valence-electron chi connectivity index (χ4n) is 2.73. The summed E-state index contributed by atoms with van der Waals surface area (Å²) in [5, 5.41) is 8.27. The highest BCUT2D eigenvalue weighted by Gasteiger charge is 2.23. The lowest BCUT2D eigenvalue weighted by molar-refractivity contribution is 0.0718. The number of aryl methyl sites for hydroxylation is 1. The minimum atomic E-state index is 0.0801. The average Bonchev–Trinajstić information content (AvgIpc) is 2.93. The first-order valence-electron chi connectivity index (χ1n) is 7.42. The van der Waals surface area contributed by atoms with E-state index in [2.05, 4.69) is 10.4 Å². The molecule has 6 heteroatoms. The Bertz CT molecular complexity index is 644. The van der Waals surface area contributed by atoms with Crippen LogP contribution in [0.3, 0.4) is 0 Å². The summed E-state index contributed by atoms with van der Waals surface area (Å²) in [6.45, 7) is 1.53. The van der Waals surface area contributed by atoms with Gasteiger partial charge in [0.2, 0.25) is 0 Å². The molecule has 3 rings (SSSR count). The molecule has 5 nitrogen and oxygen atoms in total. The van der Waals surface area contributed by atoms with Crippen molar-refractivity contribution < 1.29 is 4.79 Å². The highest BCUT2D eigenvalue weighted by atomic mass is 35.5. The molecule has 1 aromatic carbocycles. The first kappa shape index (κ1) is 14.9. The number of nitrogens with one attached hydrogen (secondary N) is 1. The second kappa shape index (κ2) is 6.40. The standard InChI is InChI=1S/C16H19ClN4O/c1-20-11-15(10-18-20)19-14-6-8-21(9-7-14)16(22)12-2-4-13(17)5-3-12/h2-5,10-11,14,19H,6-9H2,1H3. The van der Waals surface area contributed by atoms with Crippen LogP contribution in [0.1, 0.15) is 23.2 Å². The van der Waals surface area contributed by atoms with E-state index in [0.717, 1.165) is 31.6 Å². The first-order chi connectivity index (χ1) is 10.6. The number of carbonyl (C=O) groups excluding carboxylic acids is 1. The molecule has 1 saturated heterocycles. The normalized spacial score (nSPS) is 15.8. The molecular formula is C16H19ClN4O. The summed E-state index contributed by atoms with van der Waals surface area (Å²) in [5.41, 5.74) is 1.73. The number of amides is 1. The van der Waals surface area contributed by atoms with Crippen LogP contribution in [0, 0.1) is 0 Å². The quantitative estimate of drug-likeness (QED) is 0.946. The van der Waals surface area contributed by atoms with Crippen molar-refractivity contribution in [1.29, 1.82) is 0 Å². The molecule has 22 heavy (non-hydrogen) atoms. The highest BCUT2D eigenvalue weighted by molar-refractivity contribution is 6.30. The van der Waals surface area contributed by atoms with E-state index in [1.165, 1.54) is 0 Å². The van der Waals surface area contributed by atoms with Crippen molar-refractivity contribution in [3.8, 4) is 0 Å². The number of hydrogen-bond acceptors (Lipinski definition) is 3. The molecule has 1 aromatic heterocycles. The number of carbonyl (C=O) groups is 1. The Morgan fingerprint density at radius 3 is 2.55 bits per heavy atom. The largest absolute Gasteiger partial charge is 0.380 e. The molecule has 1 aliphatic rings. The fraction of sp³-hybridized carbons (Fsp3) is 0.375. The summed E-state index contributed by atoms with van der Waals surface area (Å²) in [6, 6.07) is 7.46. The molecule has 2 heterocycles. The molecule has 0 unspecified atom stereocenters. The maximum absolute atomic E-state index is 12.4. The number of halogens is 1. The van der Waals surface area contributed by atoms with Crippen LogP contribution in [0.15, 0.2) is 36.7 Å². The van der Waals surface area contributed by atoms with E-state index in [1.807, 2.05) is 24.3 Å². The smallest absolute Gasteiger partial charge is 0.253 e. The maximum atomic E-state index is 12.4. The number of nitrogens with zero attached hydrogens (tertiary/aromatic N) is 3. The number of aromatic nitrogens is 2. The second-order valence-corrected chi connectivity index (χ2v) is 6.06. The molecule has 2 aromatic rings. The van der Waals surface area contributed by atoms with Crippen LogP contribution >= 0.6 is 11.6 Å².